The summed E-state index contributed by atoms with van der Waals surface area (Å²) in [7, 11) is 2.09. The molecule has 0 aromatic heterocycles. The maximum Gasteiger partial charge on any atom is 0.148 e. The number of anilines is 2. The summed E-state index contributed by atoms with van der Waals surface area (Å²) in [5, 5.41) is 0. The van der Waals surface area contributed by atoms with Gasteiger partial charge in [0.1, 0.15) is 5.82 Å². The molecule has 1 atom stereocenters. The summed E-state index contributed by atoms with van der Waals surface area (Å²) in [4.78, 5) is 4.37. The summed E-state index contributed by atoms with van der Waals surface area (Å²) in [6, 6.07) is 5.24. The Bertz CT molecular complexity index is 381. The predicted octanol–water partition coefficient (Wildman–Crippen LogP) is 1.55. The molecule has 2 rings (SSSR count). The van der Waals surface area contributed by atoms with Crippen LogP contribution < -0.4 is 10.6 Å². The molecule has 88 valence electrons. The van der Waals surface area contributed by atoms with Crippen LogP contribution in [0.4, 0.5) is 15.8 Å². The zero-order valence-corrected chi connectivity index (χ0v) is 9.78. The Morgan fingerprint density at radius 1 is 1.38 bits per heavy atom. The first-order valence-corrected chi connectivity index (χ1v) is 5.58. The highest BCUT2D eigenvalue weighted by atomic mass is 19.1. The topological polar surface area (TPSA) is 32.5 Å². The molecule has 1 unspecified atom stereocenters. The van der Waals surface area contributed by atoms with Crippen molar-refractivity contribution in [3.63, 3.8) is 0 Å². The predicted molar refractivity (Wildman–Crippen MR) is 65.1 cm³/mol. The molecule has 0 amide bonds. The zero-order chi connectivity index (χ0) is 11.7. The van der Waals surface area contributed by atoms with Crippen molar-refractivity contribution >= 4 is 11.4 Å². The van der Waals surface area contributed by atoms with Crippen molar-refractivity contribution in [1.29, 1.82) is 0 Å². The third kappa shape index (κ3) is 2.11. The Balaban J connectivity index is 2.23. The number of piperazine rings is 1. The second-order valence-electron chi connectivity index (χ2n) is 4.52. The molecule has 16 heavy (non-hydrogen) atoms. The van der Waals surface area contributed by atoms with Gasteiger partial charge in [0, 0.05) is 31.4 Å². The van der Waals surface area contributed by atoms with Gasteiger partial charge in [0.25, 0.3) is 0 Å². The number of hydrogen-bond acceptors (Lipinski definition) is 3. The number of nitrogens with two attached hydrogens (primary N) is 1. The molecule has 1 heterocycles. The van der Waals surface area contributed by atoms with Crippen molar-refractivity contribution in [3.8, 4) is 0 Å². The third-order valence-electron chi connectivity index (χ3n) is 3.11. The quantitative estimate of drug-likeness (QED) is 0.733. The van der Waals surface area contributed by atoms with Gasteiger partial charge in [0.05, 0.1) is 5.69 Å². The van der Waals surface area contributed by atoms with E-state index in [1.807, 2.05) is 0 Å². The summed E-state index contributed by atoms with van der Waals surface area (Å²) in [6.07, 6.45) is 0. The van der Waals surface area contributed by atoms with Crippen molar-refractivity contribution < 1.29 is 4.39 Å². The highest BCUT2D eigenvalue weighted by molar-refractivity contribution is 5.55. The molecular weight excluding hydrogens is 205 g/mol. The van der Waals surface area contributed by atoms with Gasteiger partial charge in [0.15, 0.2) is 0 Å². The average Bonchev–Trinajstić information content (AvgIpc) is 2.19. The summed E-state index contributed by atoms with van der Waals surface area (Å²) >= 11 is 0. The van der Waals surface area contributed by atoms with Gasteiger partial charge >= 0.3 is 0 Å². The number of halogens is 1. The number of nitrogen functional groups attached to an aromatic ring is 1. The van der Waals surface area contributed by atoms with Gasteiger partial charge in [-0.1, -0.05) is 0 Å². The van der Waals surface area contributed by atoms with E-state index >= 15 is 0 Å². The summed E-state index contributed by atoms with van der Waals surface area (Å²) < 4.78 is 13.8. The second-order valence-corrected chi connectivity index (χ2v) is 4.52. The number of nitrogens with zero attached hydrogens (tertiary/aromatic N) is 2. The number of benzene rings is 1. The van der Waals surface area contributed by atoms with E-state index in [4.69, 9.17) is 5.73 Å². The van der Waals surface area contributed by atoms with Crippen molar-refractivity contribution in [2.75, 3.05) is 37.3 Å². The lowest BCUT2D eigenvalue weighted by molar-refractivity contribution is 0.274. The lowest BCUT2D eigenvalue weighted by Crippen LogP contribution is -2.50. The smallest absolute Gasteiger partial charge is 0.148 e. The van der Waals surface area contributed by atoms with E-state index in [-0.39, 0.29) is 5.82 Å². The van der Waals surface area contributed by atoms with E-state index in [0.717, 1.165) is 19.6 Å². The molecule has 1 aliphatic heterocycles. The monoisotopic (exact) mass is 223 g/mol. The molecule has 1 fully saturated rings. The highest BCUT2D eigenvalue weighted by Gasteiger charge is 2.23. The van der Waals surface area contributed by atoms with E-state index in [2.05, 4.69) is 23.8 Å². The Hall–Kier alpha value is -1.29. The molecule has 1 saturated heterocycles. The minimum atomic E-state index is -0.226. The van der Waals surface area contributed by atoms with E-state index in [1.54, 1.807) is 12.1 Å². The maximum absolute atomic E-state index is 13.8. The first-order chi connectivity index (χ1) is 7.58. The van der Waals surface area contributed by atoms with Crippen LogP contribution in [-0.2, 0) is 0 Å². The molecule has 0 radical (unpaired) electrons. The second kappa shape index (κ2) is 4.29. The molecule has 0 aliphatic carbocycles. The number of hydrogen-bond donors (Lipinski definition) is 1. The molecule has 0 spiro atoms. The van der Waals surface area contributed by atoms with Gasteiger partial charge in [-0.3, -0.25) is 0 Å². The van der Waals surface area contributed by atoms with Gasteiger partial charge in [0.2, 0.25) is 0 Å². The Labute approximate surface area is 95.6 Å². The first kappa shape index (κ1) is 11.2. The molecule has 1 aliphatic rings. The third-order valence-corrected chi connectivity index (χ3v) is 3.11. The van der Waals surface area contributed by atoms with Crippen LogP contribution in [0.1, 0.15) is 6.92 Å². The van der Waals surface area contributed by atoms with Crippen molar-refractivity contribution in [2.45, 2.75) is 13.0 Å². The molecule has 4 heteroatoms. The van der Waals surface area contributed by atoms with E-state index < -0.39 is 0 Å². The van der Waals surface area contributed by atoms with Crippen LogP contribution in [0, 0.1) is 5.82 Å². The van der Waals surface area contributed by atoms with Crippen LogP contribution in [0.2, 0.25) is 0 Å². The highest BCUT2D eigenvalue weighted by Crippen LogP contribution is 2.25. The van der Waals surface area contributed by atoms with Gasteiger partial charge in [-0.2, -0.15) is 0 Å². The SMILES string of the molecule is CC1CN(C)CCN1c1ccc(N)cc1F. The van der Waals surface area contributed by atoms with Crippen LogP contribution in [0.25, 0.3) is 0 Å². The van der Waals surface area contributed by atoms with Gasteiger partial charge in [-0.15, -0.1) is 0 Å². The molecule has 0 saturated carbocycles. The van der Waals surface area contributed by atoms with Crippen LogP contribution in [0.5, 0.6) is 0 Å². The molecule has 0 bridgehead atoms. The standard InChI is InChI=1S/C12H18FN3/c1-9-8-15(2)5-6-16(9)12-4-3-10(14)7-11(12)13/h3-4,7,9H,5-6,8,14H2,1-2H3. The van der Waals surface area contributed by atoms with Crippen molar-refractivity contribution in [2.24, 2.45) is 0 Å². The van der Waals surface area contributed by atoms with Gasteiger partial charge in [-0.25, -0.2) is 4.39 Å². The lowest BCUT2D eigenvalue weighted by Gasteiger charge is -2.39. The summed E-state index contributed by atoms with van der Waals surface area (Å²) in [5.74, 6) is -0.226. The Morgan fingerprint density at radius 3 is 2.75 bits per heavy atom. The van der Waals surface area contributed by atoms with Gasteiger partial charge < -0.3 is 15.5 Å². The van der Waals surface area contributed by atoms with Crippen molar-refractivity contribution in [3.05, 3.63) is 24.0 Å². The van der Waals surface area contributed by atoms with Crippen LogP contribution in [-0.4, -0.2) is 37.6 Å². The molecular formula is C12H18FN3. The molecule has 1 aromatic carbocycles. The fourth-order valence-corrected chi connectivity index (χ4v) is 2.25. The summed E-state index contributed by atoms with van der Waals surface area (Å²) in [5.41, 5.74) is 6.68. The lowest BCUT2D eigenvalue weighted by atomic mass is 10.1. The molecule has 3 nitrogen and oxygen atoms in total. The summed E-state index contributed by atoms with van der Waals surface area (Å²) in [6.45, 7) is 4.90. The first-order valence-electron chi connectivity index (χ1n) is 5.58. The van der Waals surface area contributed by atoms with Crippen LogP contribution in [0.3, 0.4) is 0 Å². The maximum atomic E-state index is 13.8. The fourth-order valence-electron chi connectivity index (χ4n) is 2.25. The minimum absolute atomic E-state index is 0.226. The Kier molecular flexibility index (Phi) is 3.01. The number of rotatable bonds is 1. The largest absolute Gasteiger partial charge is 0.399 e. The molecule has 1 aromatic rings. The van der Waals surface area contributed by atoms with E-state index in [0.29, 0.717) is 17.4 Å². The van der Waals surface area contributed by atoms with Crippen LogP contribution in [0.15, 0.2) is 18.2 Å². The van der Waals surface area contributed by atoms with E-state index in [9.17, 15) is 4.39 Å². The molecule has 2 N–H and O–H groups in total. The van der Waals surface area contributed by atoms with Gasteiger partial charge in [-0.05, 0) is 32.2 Å². The average molecular weight is 223 g/mol. The zero-order valence-electron chi connectivity index (χ0n) is 9.78. The van der Waals surface area contributed by atoms with Crippen molar-refractivity contribution in [1.82, 2.24) is 4.90 Å². The minimum Gasteiger partial charge on any atom is -0.399 e. The van der Waals surface area contributed by atoms with Crippen LogP contribution >= 0.6 is 0 Å². The Morgan fingerprint density at radius 2 is 2.12 bits per heavy atom. The fraction of sp³-hybridized carbons (Fsp3) is 0.500. The van der Waals surface area contributed by atoms with E-state index in [1.165, 1.54) is 6.07 Å². The normalized spacial score (nSPS) is 22.4. The number of likely N-dealkylation sites (N-methyl/N-ethyl adjacent to an activating group) is 1.